The summed E-state index contributed by atoms with van der Waals surface area (Å²) in [5.41, 5.74) is 4.19. The van der Waals surface area contributed by atoms with E-state index in [0.717, 1.165) is 23.7 Å². The number of hydrogen-bond acceptors (Lipinski definition) is 3. The Kier molecular flexibility index (Phi) is 3.87. The van der Waals surface area contributed by atoms with Gasteiger partial charge in [0.05, 0.1) is 22.6 Å². The van der Waals surface area contributed by atoms with E-state index >= 15 is 0 Å². The number of para-hydroxylation sites is 1. The smallest absolute Gasteiger partial charge is 0.253 e. The lowest BCUT2D eigenvalue weighted by atomic mass is 9.95. The minimum Gasteiger partial charge on any atom is -0.358 e. The van der Waals surface area contributed by atoms with Gasteiger partial charge in [0.1, 0.15) is 0 Å². The van der Waals surface area contributed by atoms with E-state index < -0.39 is 9.84 Å². The van der Waals surface area contributed by atoms with Crippen LogP contribution in [0.3, 0.4) is 0 Å². The minimum absolute atomic E-state index is 0.0370. The van der Waals surface area contributed by atoms with E-state index in [9.17, 15) is 13.2 Å². The fourth-order valence-electron chi connectivity index (χ4n) is 3.98. The van der Waals surface area contributed by atoms with Gasteiger partial charge in [0.2, 0.25) is 0 Å². The minimum atomic E-state index is -2.90. The first kappa shape index (κ1) is 15.7. The van der Waals surface area contributed by atoms with Crippen molar-refractivity contribution in [3.05, 3.63) is 35.0 Å². The second kappa shape index (κ2) is 5.92. The van der Waals surface area contributed by atoms with Gasteiger partial charge in [-0.25, -0.2) is 8.42 Å². The summed E-state index contributed by atoms with van der Waals surface area (Å²) in [6.07, 6.45) is 5.15. The highest BCUT2D eigenvalue weighted by atomic mass is 32.2. The van der Waals surface area contributed by atoms with Crippen molar-refractivity contribution in [2.24, 2.45) is 5.92 Å². The van der Waals surface area contributed by atoms with Crippen molar-refractivity contribution in [1.29, 1.82) is 0 Å². The predicted octanol–water partition coefficient (Wildman–Crippen LogP) is 2.21. The first-order valence-corrected chi connectivity index (χ1v) is 10.5. The van der Waals surface area contributed by atoms with Crippen LogP contribution in [0.25, 0.3) is 10.9 Å². The van der Waals surface area contributed by atoms with Gasteiger partial charge < -0.3 is 10.3 Å². The van der Waals surface area contributed by atoms with Gasteiger partial charge in [0.15, 0.2) is 9.84 Å². The number of benzene rings is 1. The monoisotopic (exact) mass is 346 g/mol. The standard InChI is InChI=1S/C18H22N2O3S/c21-18(19-10-12-8-9-24(22,23)11-12)15-6-3-5-14-13-4-1-2-7-16(13)20-17(14)15/h3,5-6,12,20H,1-2,4,7-11H2,(H,19,21)/t12-/m0/s1. The number of aryl methyl sites for hydroxylation is 2. The molecule has 0 saturated carbocycles. The van der Waals surface area contributed by atoms with Crippen molar-refractivity contribution in [3.63, 3.8) is 0 Å². The lowest BCUT2D eigenvalue weighted by Gasteiger charge is -2.10. The van der Waals surface area contributed by atoms with Gasteiger partial charge in [0.25, 0.3) is 5.91 Å². The van der Waals surface area contributed by atoms with Crippen LogP contribution in [0.2, 0.25) is 0 Å². The molecule has 1 saturated heterocycles. The molecule has 2 N–H and O–H groups in total. The molecule has 1 aromatic carbocycles. The highest BCUT2D eigenvalue weighted by Gasteiger charge is 2.28. The Labute approximate surface area is 141 Å². The van der Waals surface area contributed by atoms with Crippen molar-refractivity contribution < 1.29 is 13.2 Å². The summed E-state index contributed by atoms with van der Waals surface area (Å²) < 4.78 is 23.1. The molecule has 24 heavy (non-hydrogen) atoms. The first-order valence-electron chi connectivity index (χ1n) is 8.64. The number of amides is 1. The van der Waals surface area contributed by atoms with Crippen LogP contribution < -0.4 is 5.32 Å². The number of fused-ring (bicyclic) bond motifs is 3. The molecule has 128 valence electrons. The van der Waals surface area contributed by atoms with Crippen LogP contribution in [0.5, 0.6) is 0 Å². The van der Waals surface area contributed by atoms with E-state index in [1.54, 1.807) is 0 Å². The Bertz CT molecular complexity index is 898. The van der Waals surface area contributed by atoms with Crippen molar-refractivity contribution in [3.8, 4) is 0 Å². The van der Waals surface area contributed by atoms with Gasteiger partial charge in [-0.15, -0.1) is 0 Å². The quantitative estimate of drug-likeness (QED) is 0.894. The molecule has 1 atom stereocenters. The van der Waals surface area contributed by atoms with Gasteiger partial charge in [0, 0.05) is 17.6 Å². The number of nitrogens with one attached hydrogen (secondary N) is 2. The third-order valence-electron chi connectivity index (χ3n) is 5.26. The van der Waals surface area contributed by atoms with Crippen LogP contribution in [0.4, 0.5) is 0 Å². The van der Waals surface area contributed by atoms with Crippen LogP contribution >= 0.6 is 0 Å². The maximum atomic E-state index is 12.6. The van der Waals surface area contributed by atoms with E-state index in [1.807, 2.05) is 12.1 Å². The zero-order valence-corrected chi connectivity index (χ0v) is 14.4. The molecule has 0 radical (unpaired) electrons. The number of H-pyrrole nitrogens is 1. The molecule has 4 rings (SSSR count). The Morgan fingerprint density at radius 2 is 2.08 bits per heavy atom. The van der Waals surface area contributed by atoms with Crippen molar-refractivity contribution in [2.45, 2.75) is 32.1 Å². The number of hydrogen-bond donors (Lipinski definition) is 2. The SMILES string of the molecule is O=C(NC[C@@H]1CCS(=O)(=O)C1)c1cccc2c3c([nH]c12)CCCC3. The normalized spacial score (nSPS) is 22.4. The number of sulfone groups is 1. The number of carbonyl (C=O) groups excluding carboxylic acids is 1. The molecule has 0 bridgehead atoms. The molecule has 0 spiro atoms. The molecule has 2 aromatic rings. The fourth-order valence-corrected chi connectivity index (χ4v) is 5.85. The maximum absolute atomic E-state index is 12.6. The van der Waals surface area contributed by atoms with Crippen molar-refractivity contribution >= 4 is 26.6 Å². The zero-order valence-electron chi connectivity index (χ0n) is 13.6. The molecule has 1 aliphatic heterocycles. The summed E-state index contributed by atoms with van der Waals surface area (Å²) >= 11 is 0. The first-order chi connectivity index (χ1) is 11.5. The Balaban J connectivity index is 1.55. The van der Waals surface area contributed by atoms with Crippen LogP contribution in [-0.2, 0) is 22.7 Å². The van der Waals surface area contributed by atoms with Crippen LogP contribution in [0.1, 0.15) is 40.9 Å². The second-order valence-electron chi connectivity index (χ2n) is 7.00. The second-order valence-corrected chi connectivity index (χ2v) is 9.23. The molecule has 1 amide bonds. The molecular formula is C18H22N2O3S. The molecular weight excluding hydrogens is 324 g/mol. The lowest BCUT2D eigenvalue weighted by Crippen LogP contribution is -2.30. The highest BCUT2D eigenvalue weighted by Crippen LogP contribution is 2.30. The Morgan fingerprint density at radius 3 is 2.88 bits per heavy atom. The molecule has 2 aliphatic rings. The van der Waals surface area contributed by atoms with Gasteiger partial charge in [-0.05, 0) is 49.7 Å². The summed E-state index contributed by atoms with van der Waals surface area (Å²) in [5.74, 6) is 0.347. The summed E-state index contributed by atoms with van der Waals surface area (Å²) in [7, 11) is -2.90. The van der Waals surface area contributed by atoms with Gasteiger partial charge in [-0.2, -0.15) is 0 Å². The van der Waals surface area contributed by atoms with Crippen LogP contribution in [0, 0.1) is 5.92 Å². The third kappa shape index (κ3) is 2.83. The summed E-state index contributed by atoms with van der Waals surface area (Å²) in [6.45, 7) is 0.425. The third-order valence-corrected chi connectivity index (χ3v) is 7.09. The van der Waals surface area contributed by atoms with Crippen molar-refractivity contribution in [1.82, 2.24) is 10.3 Å². The largest absolute Gasteiger partial charge is 0.358 e. The van der Waals surface area contributed by atoms with Gasteiger partial charge in [-0.3, -0.25) is 4.79 Å². The lowest BCUT2D eigenvalue weighted by molar-refractivity contribution is 0.0950. The van der Waals surface area contributed by atoms with E-state index in [0.29, 0.717) is 18.5 Å². The molecule has 1 aromatic heterocycles. The molecule has 1 aliphatic carbocycles. The zero-order chi connectivity index (χ0) is 16.7. The highest BCUT2D eigenvalue weighted by molar-refractivity contribution is 7.91. The Hall–Kier alpha value is -1.82. The molecule has 5 nitrogen and oxygen atoms in total. The fraction of sp³-hybridized carbons (Fsp3) is 0.500. The summed E-state index contributed by atoms with van der Waals surface area (Å²) in [6, 6.07) is 5.85. The predicted molar refractivity (Wildman–Crippen MR) is 94.0 cm³/mol. The average Bonchev–Trinajstić information content (AvgIpc) is 3.12. The molecule has 6 heteroatoms. The maximum Gasteiger partial charge on any atom is 0.253 e. The Morgan fingerprint density at radius 1 is 1.25 bits per heavy atom. The summed E-state index contributed by atoms with van der Waals surface area (Å²) in [4.78, 5) is 16.1. The van der Waals surface area contributed by atoms with E-state index in [-0.39, 0.29) is 23.3 Å². The molecule has 1 fully saturated rings. The summed E-state index contributed by atoms with van der Waals surface area (Å²) in [5, 5.41) is 4.08. The molecule has 0 unspecified atom stereocenters. The van der Waals surface area contributed by atoms with E-state index in [1.165, 1.54) is 24.1 Å². The number of carbonyl (C=O) groups is 1. The van der Waals surface area contributed by atoms with Gasteiger partial charge >= 0.3 is 0 Å². The van der Waals surface area contributed by atoms with E-state index in [4.69, 9.17) is 0 Å². The molecule has 2 heterocycles. The topological polar surface area (TPSA) is 79.0 Å². The van der Waals surface area contributed by atoms with Crippen molar-refractivity contribution in [2.75, 3.05) is 18.1 Å². The number of aromatic amines is 1. The van der Waals surface area contributed by atoms with E-state index in [2.05, 4.69) is 16.4 Å². The van der Waals surface area contributed by atoms with Gasteiger partial charge in [-0.1, -0.05) is 12.1 Å². The van der Waals surface area contributed by atoms with Crippen LogP contribution in [-0.4, -0.2) is 37.4 Å². The number of rotatable bonds is 3. The average molecular weight is 346 g/mol. The number of aromatic nitrogens is 1. The van der Waals surface area contributed by atoms with Crippen LogP contribution in [0.15, 0.2) is 18.2 Å².